The van der Waals surface area contributed by atoms with Crippen molar-refractivity contribution in [3.8, 4) is 0 Å². The third kappa shape index (κ3) is 2.64. The average molecular weight is 184 g/mol. The Morgan fingerprint density at radius 3 is 2.15 bits per heavy atom. The highest BCUT2D eigenvalue weighted by Gasteiger charge is 2.24. The number of likely N-dealkylation sites (N-methyl/N-ethyl adjacent to an activating group) is 1. The van der Waals surface area contributed by atoms with Crippen molar-refractivity contribution in [2.45, 2.75) is 0 Å². The number of hydroxylamine groups is 3. The number of hydrogen-bond acceptors (Lipinski definition) is 3. The number of amides is 2. The average Bonchev–Trinajstić information content (AvgIpc) is 2.27. The van der Waals surface area contributed by atoms with Crippen LogP contribution in [0.4, 0.5) is 0 Å². The van der Waals surface area contributed by atoms with Gasteiger partial charge in [-0.05, 0) is 0 Å². The van der Waals surface area contributed by atoms with Crippen molar-refractivity contribution in [1.82, 2.24) is 4.90 Å². The fourth-order valence-corrected chi connectivity index (χ4v) is 0.992. The molecule has 1 aliphatic rings. The highest BCUT2D eigenvalue weighted by molar-refractivity contribution is 6.12. The lowest BCUT2D eigenvalue weighted by atomic mass is 10.5. The first kappa shape index (κ1) is 9.88. The molecule has 1 heterocycles. The van der Waals surface area contributed by atoms with Crippen LogP contribution >= 0.6 is 0 Å². The fraction of sp³-hybridized carbons (Fsp3) is 0.500. The first-order valence-corrected chi connectivity index (χ1v) is 3.98. The molecular weight excluding hydrogens is 172 g/mol. The van der Waals surface area contributed by atoms with Crippen molar-refractivity contribution in [2.24, 2.45) is 0 Å². The summed E-state index contributed by atoms with van der Waals surface area (Å²) in [5, 5.41) is 11.1. The summed E-state index contributed by atoms with van der Waals surface area (Å²) >= 11 is 0. The Bertz CT molecular complexity index is 247. The van der Waals surface area contributed by atoms with Crippen LogP contribution in [-0.4, -0.2) is 48.5 Å². The molecule has 72 valence electrons. The standard InChI is InChI=1S/C8H12N2O3/c1-10(2,13)6-5-9-7(11)3-4-8(9)12/h3-4H,5-6H2,1-2H3. The van der Waals surface area contributed by atoms with Gasteiger partial charge in [-0.1, -0.05) is 0 Å². The van der Waals surface area contributed by atoms with E-state index in [9.17, 15) is 14.8 Å². The number of nitrogens with zero attached hydrogens (tertiary/aromatic N) is 2. The van der Waals surface area contributed by atoms with Crippen LogP contribution in [0.25, 0.3) is 0 Å². The summed E-state index contributed by atoms with van der Waals surface area (Å²) in [6, 6.07) is 0. The number of hydrogen-bond donors (Lipinski definition) is 0. The summed E-state index contributed by atoms with van der Waals surface area (Å²) in [7, 11) is 2.94. The maximum Gasteiger partial charge on any atom is 0.253 e. The number of carbonyl (C=O) groups excluding carboxylic acids is 2. The van der Waals surface area contributed by atoms with Gasteiger partial charge >= 0.3 is 0 Å². The van der Waals surface area contributed by atoms with Gasteiger partial charge in [-0.25, -0.2) is 0 Å². The Hall–Kier alpha value is -1.20. The lowest BCUT2D eigenvalue weighted by molar-refractivity contribution is -0.839. The molecule has 0 spiro atoms. The molecule has 13 heavy (non-hydrogen) atoms. The third-order valence-corrected chi connectivity index (χ3v) is 1.76. The summed E-state index contributed by atoms with van der Waals surface area (Å²) in [5.41, 5.74) is 0. The Balaban J connectivity index is 2.47. The molecule has 0 fully saturated rings. The predicted molar refractivity (Wildman–Crippen MR) is 46.2 cm³/mol. The largest absolute Gasteiger partial charge is 0.633 e. The van der Waals surface area contributed by atoms with Crippen molar-refractivity contribution < 1.29 is 14.2 Å². The quantitative estimate of drug-likeness (QED) is 0.337. The van der Waals surface area contributed by atoms with Crippen LogP contribution in [0.15, 0.2) is 12.2 Å². The monoisotopic (exact) mass is 184 g/mol. The maximum atomic E-state index is 11.1. The second-order valence-electron chi connectivity index (χ2n) is 3.46. The lowest BCUT2D eigenvalue weighted by Gasteiger charge is -2.34. The van der Waals surface area contributed by atoms with E-state index < -0.39 is 4.65 Å². The van der Waals surface area contributed by atoms with Crippen LogP contribution in [0.3, 0.4) is 0 Å². The van der Waals surface area contributed by atoms with Crippen LogP contribution < -0.4 is 0 Å². The van der Waals surface area contributed by atoms with Crippen LogP contribution in [-0.2, 0) is 9.59 Å². The minimum atomic E-state index is -0.503. The summed E-state index contributed by atoms with van der Waals surface area (Å²) in [6.07, 6.45) is 2.43. The summed E-state index contributed by atoms with van der Waals surface area (Å²) in [4.78, 5) is 23.1. The van der Waals surface area contributed by atoms with E-state index in [0.717, 1.165) is 4.90 Å². The SMILES string of the molecule is C[N+](C)([O-])CCN1C(=O)C=CC1=O. The second-order valence-corrected chi connectivity index (χ2v) is 3.46. The first-order chi connectivity index (χ1) is 5.90. The number of rotatable bonds is 3. The smallest absolute Gasteiger partial charge is 0.253 e. The molecule has 0 aromatic carbocycles. The molecule has 0 radical (unpaired) electrons. The van der Waals surface area contributed by atoms with Gasteiger partial charge in [0.15, 0.2) is 0 Å². The first-order valence-electron chi connectivity index (χ1n) is 3.98. The van der Waals surface area contributed by atoms with Gasteiger partial charge in [-0.15, -0.1) is 0 Å². The van der Waals surface area contributed by atoms with Crippen molar-refractivity contribution in [3.63, 3.8) is 0 Å². The highest BCUT2D eigenvalue weighted by Crippen LogP contribution is 2.04. The second kappa shape index (κ2) is 3.27. The molecule has 0 N–H and O–H groups in total. The van der Waals surface area contributed by atoms with E-state index in [2.05, 4.69) is 0 Å². The molecule has 1 aliphatic heterocycles. The highest BCUT2D eigenvalue weighted by atomic mass is 16.5. The molecule has 0 aliphatic carbocycles. The van der Waals surface area contributed by atoms with Gasteiger partial charge in [0.25, 0.3) is 11.8 Å². The minimum absolute atomic E-state index is 0.182. The summed E-state index contributed by atoms with van der Waals surface area (Å²) in [6.45, 7) is 0.403. The fourth-order valence-electron chi connectivity index (χ4n) is 0.992. The maximum absolute atomic E-state index is 11.1. The molecule has 0 aromatic heterocycles. The Morgan fingerprint density at radius 2 is 1.77 bits per heavy atom. The predicted octanol–water partition coefficient (Wildman–Crippen LogP) is -0.514. The molecule has 5 heteroatoms. The van der Waals surface area contributed by atoms with Gasteiger partial charge in [-0.3, -0.25) is 14.5 Å². The van der Waals surface area contributed by atoms with Crippen LogP contribution in [0.5, 0.6) is 0 Å². The van der Waals surface area contributed by atoms with Crippen LogP contribution in [0.2, 0.25) is 0 Å². The molecule has 0 atom stereocenters. The van der Waals surface area contributed by atoms with Gasteiger partial charge in [0.2, 0.25) is 0 Å². The molecule has 0 bridgehead atoms. The molecule has 5 nitrogen and oxygen atoms in total. The van der Waals surface area contributed by atoms with E-state index in [1.807, 2.05) is 0 Å². The third-order valence-electron chi connectivity index (χ3n) is 1.76. The normalized spacial score (nSPS) is 17.3. The van der Waals surface area contributed by atoms with Crippen molar-refractivity contribution in [2.75, 3.05) is 27.2 Å². The van der Waals surface area contributed by atoms with E-state index in [-0.39, 0.29) is 24.9 Å². The molecular formula is C8H12N2O3. The van der Waals surface area contributed by atoms with Gasteiger partial charge in [0.05, 0.1) is 27.2 Å². The van der Waals surface area contributed by atoms with Crippen molar-refractivity contribution in [3.05, 3.63) is 17.4 Å². The minimum Gasteiger partial charge on any atom is -0.633 e. The van der Waals surface area contributed by atoms with Gasteiger partial charge in [-0.2, -0.15) is 0 Å². The molecule has 2 amide bonds. The van der Waals surface area contributed by atoms with Gasteiger partial charge in [0.1, 0.15) is 0 Å². The summed E-state index contributed by atoms with van der Waals surface area (Å²) in [5.74, 6) is -0.670. The lowest BCUT2D eigenvalue weighted by Crippen LogP contribution is -2.42. The van der Waals surface area contributed by atoms with Crippen LogP contribution in [0.1, 0.15) is 0 Å². The zero-order valence-electron chi connectivity index (χ0n) is 7.69. The van der Waals surface area contributed by atoms with Crippen molar-refractivity contribution >= 4 is 11.8 Å². The van der Waals surface area contributed by atoms with E-state index in [0.29, 0.717) is 0 Å². The topological polar surface area (TPSA) is 60.4 Å². The van der Waals surface area contributed by atoms with E-state index in [4.69, 9.17) is 0 Å². The van der Waals surface area contributed by atoms with Crippen LogP contribution in [0, 0.1) is 5.21 Å². The van der Waals surface area contributed by atoms with Gasteiger partial charge < -0.3 is 9.85 Å². The molecule has 0 saturated carbocycles. The Morgan fingerprint density at radius 1 is 1.31 bits per heavy atom. The molecule has 0 unspecified atom stereocenters. The zero-order chi connectivity index (χ0) is 10.1. The van der Waals surface area contributed by atoms with E-state index >= 15 is 0 Å². The summed E-state index contributed by atoms with van der Waals surface area (Å²) < 4.78 is -0.503. The van der Waals surface area contributed by atoms with E-state index in [1.165, 1.54) is 26.2 Å². The number of quaternary nitrogens is 1. The zero-order valence-corrected chi connectivity index (χ0v) is 7.69. The number of carbonyl (C=O) groups is 2. The van der Waals surface area contributed by atoms with Crippen molar-refractivity contribution in [1.29, 1.82) is 0 Å². The van der Waals surface area contributed by atoms with Gasteiger partial charge in [0, 0.05) is 12.2 Å². The molecule has 0 saturated heterocycles. The molecule has 1 rings (SSSR count). The number of imide groups is 1. The van der Waals surface area contributed by atoms with E-state index in [1.54, 1.807) is 0 Å². The Kier molecular flexibility index (Phi) is 2.49. The molecule has 0 aromatic rings. The Labute approximate surface area is 76.4 Å².